The van der Waals surface area contributed by atoms with Gasteiger partial charge in [-0.15, -0.1) is 0 Å². The van der Waals surface area contributed by atoms with Crippen LogP contribution in [0.5, 0.6) is 0 Å². The van der Waals surface area contributed by atoms with Gasteiger partial charge in [-0.05, 0) is 18.1 Å². The highest BCUT2D eigenvalue weighted by Gasteiger charge is 2.14. The first-order valence-corrected chi connectivity index (χ1v) is 6.25. The number of hydrogen-bond acceptors (Lipinski definition) is 2. The number of carbonyl (C=O) groups is 1. The molecule has 0 spiro atoms. The van der Waals surface area contributed by atoms with E-state index in [4.69, 9.17) is 0 Å². The van der Waals surface area contributed by atoms with E-state index in [-0.39, 0.29) is 5.56 Å². The standard InChI is InChI=1S/C14H15F2N3O/c1-9(2)8-19-13(5-6-17-19)18-14(20)11-4-3-10(15)7-12(11)16/h3-7,9H,8H2,1-2H3,(H,18,20). The Bertz CT molecular complexity index is 623. The lowest BCUT2D eigenvalue weighted by Crippen LogP contribution is -2.18. The van der Waals surface area contributed by atoms with E-state index < -0.39 is 17.5 Å². The van der Waals surface area contributed by atoms with E-state index >= 15 is 0 Å². The lowest BCUT2D eigenvalue weighted by molar-refractivity contribution is 0.102. The highest BCUT2D eigenvalue weighted by Crippen LogP contribution is 2.14. The van der Waals surface area contributed by atoms with E-state index in [1.165, 1.54) is 0 Å². The number of carbonyl (C=O) groups excluding carboxylic acids is 1. The first kappa shape index (κ1) is 14.2. The molecule has 0 saturated carbocycles. The van der Waals surface area contributed by atoms with Gasteiger partial charge in [0.2, 0.25) is 0 Å². The summed E-state index contributed by atoms with van der Waals surface area (Å²) < 4.78 is 28.0. The Labute approximate surface area is 115 Å². The molecule has 106 valence electrons. The second-order valence-electron chi connectivity index (χ2n) is 4.87. The molecule has 0 fully saturated rings. The lowest BCUT2D eigenvalue weighted by Gasteiger charge is -2.11. The zero-order chi connectivity index (χ0) is 14.7. The van der Waals surface area contributed by atoms with E-state index in [1.54, 1.807) is 16.9 Å². The van der Waals surface area contributed by atoms with E-state index in [1.807, 2.05) is 13.8 Å². The molecular weight excluding hydrogens is 264 g/mol. The minimum atomic E-state index is -0.891. The molecule has 0 aliphatic rings. The fourth-order valence-corrected chi connectivity index (χ4v) is 1.79. The summed E-state index contributed by atoms with van der Waals surface area (Å²) in [5, 5.41) is 6.66. The van der Waals surface area contributed by atoms with Crippen molar-refractivity contribution >= 4 is 11.7 Å². The quantitative estimate of drug-likeness (QED) is 0.935. The molecule has 1 N–H and O–H groups in total. The van der Waals surface area contributed by atoms with Gasteiger partial charge in [-0.2, -0.15) is 5.10 Å². The molecule has 4 nitrogen and oxygen atoms in total. The summed E-state index contributed by atoms with van der Waals surface area (Å²) in [4.78, 5) is 12.0. The summed E-state index contributed by atoms with van der Waals surface area (Å²) in [5.41, 5.74) is -0.205. The largest absolute Gasteiger partial charge is 0.307 e. The lowest BCUT2D eigenvalue weighted by atomic mass is 10.2. The summed E-state index contributed by atoms with van der Waals surface area (Å²) in [6.45, 7) is 4.67. The zero-order valence-corrected chi connectivity index (χ0v) is 11.2. The molecule has 0 aliphatic carbocycles. The van der Waals surface area contributed by atoms with Crippen LogP contribution in [0.15, 0.2) is 30.5 Å². The molecule has 0 bridgehead atoms. The van der Waals surface area contributed by atoms with Gasteiger partial charge in [0.25, 0.3) is 5.91 Å². The molecule has 2 rings (SSSR count). The smallest absolute Gasteiger partial charge is 0.259 e. The summed E-state index contributed by atoms with van der Waals surface area (Å²) in [6.07, 6.45) is 1.55. The average Bonchev–Trinajstić information content (AvgIpc) is 2.75. The van der Waals surface area contributed by atoms with Crippen molar-refractivity contribution in [1.82, 2.24) is 9.78 Å². The van der Waals surface area contributed by atoms with Crippen molar-refractivity contribution < 1.29 is 13.6 Å². The first-order valence-electron chi connectivity index (χ1n) is 6.25. The minimum Gasteiger partial charge on any atom is -0.307 e. The fraction of sp³-hybridized carbons (Fsp3) is 0.286. The van der Waals surface area contributed by atoms with Crippen LogP contribution < -0.4 is 5.32 Å². The van der Waals surface area contributed by atoms with Crippen LogP contribution in [-0.2, 0) is 6.54 Å². The Balaban J connectivity index is 2.17. The number of nitrogens with zero attached hydrogens (tertiary/aromatic N) is 2. The van der Waals surface area contributed by atoms with Crippen molar-refractivity contribution in [3.8, 4) is 0 Å². The number of hydrogen-bond donors (Lipinski definition) is 1. The van der Waals surface area contributed by atoms with Crippen molar-refractivity contribution in [2.75, 3.05) is 5.32 Å². The average molecular weight is 279 g/mol. The van der Waals surface area contributed by atoms with Gasteiger partial charge in [-0.3, -0.25) is 4.79 Å². The second kappa shape index (κ2) is 5.81. The summed E-state index contributed by atoms with van der Waals surface area (Å²) in [5.74, 6) is -1.41. The molecular formula is C14H15F2N3O. The predicted octanol–water partition coefficient (Wildman–Crippen LogP) is 3.07. The fourth-order valence-electron chi connectivity index (χ4n) is 1.79. The monoisotopic (exact) mass is 279 g/mol. The number of aromatic nitrogens is 2. The van der Waals surface area contributed by atoms with E-state index in [0.717, 1.165) is 12.1 Å². The topological polar surface area (TPSA) is 46.9 Å². The minimum absolute atomic E-state index is 0.205. The van der Waals surface area contributed by atoms with Gasteiger partial charge in [-0.1, -0.05) is 13.8 Å². The molecule has 1 aromatic heterocycles. The molecule has 1 amide bonds. The van der Waals surface area contributed by atoms with Crippen molar-refractivity contribution in [3.63, 3.8) is 0 Å². The molecule has 0 radical (unpaired) electrons. The summed E-state index contributed by atoms with van der Waals surface area (Å²) in [6, 6.07) is 4.47. The number of benzene rings is 1. The third-order valence-corrected chi connectivity index (χ3v) is 2.67. The highest BCUT2D eigenvalue weighted by atomic mass is 19.1. The number of rotatable bonds is 4. The number of anilines is 1. The molecule has 0 aliphatic heterocycles. The molecule has 1 aromatic carbocycles. The maximum absolute atomic E-state index is 13.5. The van der Waals surface area contributed by atoms with Gasteiger partial charge >= 0.3 is 0 Å². The molecule has 6 heteroatoms. The SMILES string of the molecule is CC(C)Cn1nccc1NC(=O)c1ccc(F)cc1F. The van der Waals surface area contributed by atoms with Crippen LogP contribution in [0.2, 0.25) is 0 Å². The van der Waals surface area contributed by atoms with Gasteiger partial charge in [-0.25, -0.2) is 13.5 Å². The number of halogens is 2. The van der Waals surface area contributed by atoms with Crippen LogP contribution >= 0.6 is 0 Å². The Morgan fingerprint density at radius 3 is 2.75 bits per heavy atom. The third kappa shape index (κ3) is 3.20. The molecule has 20 heavy (non-hydrogen) atoms. The second-order valence-corrected chi connectivity index (χ2v) is 4.87. The maximum Gasteiger partial charge on any atom is 0.259 e. The van der Waals surface area contributed by atoms with Crippen LogP contribution in [0.4, 0.5) is 14.6 Å². The van der Waals surface area contributed by atoms with Gasteiger partial charge in [0.15, 0.2) is 0 Å². The first-order chi connectivity index (χ1) is 9.47. The summed E-state index contributed by atoms with van der Waals surface area (Å²) >= 11 is 0. The van der Waals surface area contributed by atoms with Crippen molar-refractivity contribution in [1.29, 1.82) is 0 Å². The molecule has 0 atom stereocenters. The zero-order valence-electron chi connectivity index (χ0n) is 11.2. The Hall–Kier alpha value is -2.24. The van der Waals surface area contributed by atoms with Crippen LogP contribution in [0, 0.1) is 17.6 Å². The molecule has 1 heterocycles. The van der Waals surface area contributed by atoms with Crippen molar-refractivity contribution in [2.24, 2.45) is 5.92 Å². The van der Waals surface area contributed by atoms with Crippen LogP contribution in [-0.4, -0.2) is 15.7 Å². The van der Waals surface area contributed by atoms with Crippen LogP contribution in [0.25, 0.3) is 0 Å². The third-order valence-electron chi connectivity index (χ3n) is 2.67. The van der Waals surface area contributed by atoms with Crippen molar-refractivity contribution in [3.05, 3.63) is 47.7 Å². The Morgan fingerprint density at radius 2 is 2.10 bits per heavy atom. The van der Waals surface area contributed by atoms with E-state index in [2.05, 4.69) is 10.4 Å². The number of nitrogens with one attached hydrogen (secondary N) is 1. The maximum atomic E-state index is 13.5. The Morgan fingerprint density at radius 1 is 1.35 bits per heavy atom. The van der Waals surface area contributed by atoms with Crippen LogP contribution in [0.3, 0.4) is 0 Å². The van der Waals surface area contributed by atoms with E-state index in [9.17, 15) is 13.6 Å². The summed E-state index contributed by atoms with van der Waals surface area (Å²) in [7, 11) is 0. The van der Waals surface area contributed by atoms with Gasteiger partial charge in [0.05, 0.1) is 11.8 Å². The van der Waals surface area contributed by atoms with E-state index in [0.29, 0.717) is 24.3 Å². The number of amides is 1. The van der Waals surface area contributed by atoms with Gasteiger partial charge in [0, 0.05) is 18.7 Å². The highest BCUT2D eigenvalue weighted by molar-refractivity contribution is 6.03. The van der Waals surface area contributed by atoms with Crippen molar-refractivity contribution in [2.45, 2.75) is 20.4 Å². The van der Waals surface area contributed by atoms with Gasteiger partial charge < -0.3 is 5.32 Å². The normalized spacial score (nSPS) is 10.8. The molecule has 0 unspecified atom stereocenters. The molecule has 0 saturated heterocycles. The van der Waals surface area contributed by atoms with Crippen LogP contribution in [0.1, 0.15) is 24.2 Å². The van der Waals surface area contributed by atoms with Gasteiger partial charge in [0.1, 0.15) is 17.5 Å². The predicted molar refractivity (Wildman–Crippen MR) is 71.4 cm³/mol. The molecule has 2 aromatic rings. The Kier molecular flexibility index (Phi) is 4.12.